The Hall–Kier alpha value is -3.61. The van der Waals surface area contributed by atoms with E-state index in [1.54, 1.807) is 18.2 Å². The zero-order valence-corrected chi connectivity index (χ0v) is 15.6. The average molecular weight is 377 g/mol. The normalized spacial score (nSPS) is 11.1. The number of methoxy groups -OCH3 is 1. The third-order valence-corrected chi connectivity index (χ3v) is 4.52. The number of aromatic nitrogens is 2. The number of anilines is 1. The molecule has 0 saturated carbocycles. The minimum absolute atomic E-state index is 0.226. The first-order valence-corrected chi connectivity index (χ1v) is 8.99. The Labute approximate surface area is 160 Å². The van der Waals surface area contributed by atoms with Gasteiger partial charge in [0.05, 0.1) is 23.7 Å². The van der Waals surface area contributed by atoms with E-state index >= 15 is 0 Å². The topological polar surface area (TPSA) is 86.4 Å². The van der Waals surface area contributed by atoms with Crippen molar-refractivity contribution in [2.24, 2.45) is 0 Å². The smallest absolute Gasteiger partial charge is 0.337 e. The Balaban J connectivity index is 1.78. The zero-order valence-electron chi connectivity index (χ0n) is 15.6. The van der Waals surface area contributed by atoms with Gasteiger partial charge in [0.25, 0.3) is 5.91 Å². The highest BCUT2D eigenvalue weighted by Crippen LogP contribution is 2.24. The van der Waals surface area contributed by atoms with Crippen LogP contribution in [0.5, 0.6) is 5.75 Å². The number of aryl methyl sites for hydroxylation is 1. The molecule has 7 heteroatoms. The van der Waals surface area contributed by atoms with E-state index < -0.39 is 11.5 Å². The van der Waals surface area contributed by atoms with E-state index in [0.29, 0.717) is 29.2 Å². The Kier molecular flexibility index (Phi) is 4.57. The number of carbonyl (C=O) groups is 1. The molecule has 0 bridgehead atoms. The maximum Gasteiger partial charge on any atom is 0.337 e. The molecule has 0 radical (unpaired) electrons. The maximum absolute atomic E-state index is 13.0. The molecule has 0 fully saturated rings. The molecule has 0 atom stereocenters. The summed E-state index contributed by atoms with van der Waals surface area (Å²) < 4.78 is 12.3. The van der Waals surface area contributed by atoms with E-state index in [2.05, 4.69) is 17.2 Å². The van der Waals surface area contributed by atoms with Crippen LogP contribution in [0.1, 0.15) is 23.7 Å². The molecule has 1 amide bonds. The van der Waals surface area contributed by atoms with Gasteiger partial charge in [-0.1, -0.05) is 19.1 Å². The molecule has 7 nitrogen and oxygen atoms in total. The summed E-state index contributed by atoms with van der Waals surface area (Å²) in [6.07, 6.45) is 0.890. The molecule has 0 aliphatic rings. The van der Waals surface area contributed by atoms with Gasteiger partial charge in [-0.3, -0.25) is 10.1 Å². The number of hydrogen-bond acceptors (Lipinski definition) is 5. The van der Waals surface area contributed by atoms with Crippen molar-refractivity contribution in [2.45, 2.75) is 19.9 Å². The molecular weight excluding hydrogens is 358 g/mol. The monoisotopic (exact) mass is 377 g/mol. The number of hydrogen-bond donors (Lipinski definition) is 1. The van der Waals surface area contributed by atoms with Gasteiger partial charge in [-0.2, -0.15) is 0 Å². The predicted molar refractivity (Wildman–Crippen MR) is 107 cm³/mol. The Morgan fingerprint density at radius 3 is 2.82 bits per heavy atom. The van der Waals surface area contributed by atoms with Crippen molar-refractivity contribution >= 4 is 33.9 Å². The van der Waals surface area contributed by atoms with E-state index in [1.165, 1.54) is 13.2 Å². The van der Waals surface area contributed by atoms with Crippen LogP contribution in [-0.4, -0.2) is 22.6 Å². The summed E-state index contributed by atoms with van der Waals surface area (Å²) in [6.45, 7) is 2.77. The summed E-state index contributed by atoms with van der Waals surface area (Å²) in [5.74, 6) is 0.566. The summed E-state index contributed by atoms with van der Waals surface area (Å²) in [7, 11) is 1.52. The Morgan fingerprint density at radius 1 is 1.21 bits per heavy atom. The second kappa shape index (κ2) is 7.19. The molecule has 0 aliphatic carbocycles. The van der Waals surface area contributed by atoms with Crippen LogP contribution >= 0.6 is 0 Å². The molecule has 0 saturated heterocycles. The molecule has 4 aromatic rings. The van der Waals surface area contributed by atoms with Gasteiger partial charge in [0.1, 0.15) is 11.3 Å². The SMILES string of the molecule is CCCn1c(NC(=O)c2cc(=O)oc3cc(OC)ccc23)nc2ccccc21. The second-order valence-corrected chi connectivity index (χ2v) is 6.37. The minimum Gasteiger partial charge on any atom is -0.497 e. The second-order valence-electron chi connectivity index (χ2n) is 6.37. The van der Waals surface area contributed by atoms with Crippen molar-refractivity contribution in [3.05, 3.63) is 64.5 Å². The zero-order chi connectivity index (χ0) is 19.7. The highest BCUT2D eigenvalue weighted by atomic mass is 16.5. The molecule has 1 N–H and O–H groups in total. The van der Waals surface area contributed by atoms with Gasteiger partial charge in [-0.05, 0) is 30.7 Å². The van der Waals surface area contributed by atoms with Crippen LogP contribution in [-0.2, 0) is 6.54 Å². The van der Waals surface area contributed by atoms with Crippen molar-refractivity contribution < 1.29 is 13.9 Å². The third-order valence-electron chi connectivity index (χ3n) is 4.52. The summed E-state index contributed by atoms with van der Waals surface area (Å²) in [6, 6.07) is 13.9. The lowest BCUT2D eigenvalue weighted by Gasteiger charge is -2.10. The Morgan fingerprint density at radius 2 is 2.04 bits per heavy atom. The van der Waals surface area contributed by atoms with Crippen LogP contribution in [0.2, 0.25) is 0 Å². The lowest BCUT2D eigenvalue weighted by Crippen LogP contribution is -2.18. The number of nitrogens with zero attached hydrogens (tertiary/aromatic N) is 2. The fraction of sp³-hybridized carbons (Fsp3) is 0.190. The Bertz CT molecular complexity index is 1240. The molecule has 2 heterocycles. The van der Waals surface area contributed by atoms with Crippen molar-refractivity contribution in [3.63, 3.8) is 0 Å². The highest BCUT2D eigenvalue weighted by Gasteiger charge is 2.17. The van der Waals surface area contributed by atoms with Gasteiger partial charge in [0.2, 0.25) is 5.95 Å². The van der Waals surface area contributed by atoms with Gasteiger partial charge in [-0.15, -0.1) is 0 Å². The number of para-hydroxylation sites is 2. The van der Waals surface area contributed by atoms with Crippen LogP contribution in [0, 0.1) is 0 Å². The van der Waals surface area contributed by atoms with Gasteiger partial charge < -0.3 is 13.7 Å². The number of amides is 1. The van der Waals surface area contributed by atoms with Crippen molar-refractivity contribution in [1.82, 2.24) is 9.55 Å². The fourth-order valence-corrected chi connectivity index (χ4v) is 3.25. The summed E-state index contributed by atoms with van der Waals surface area (Å²) >= 11 is 0. The van der Waals surface area contributed by atoms with E-state index in [0.717, 1.165) is 17.5 Å². The van der Waals surface area contributed by atoms with Gasteiger partial charge in [0, 0.05) is 24.1 Å². The maximum atomic E-state index is 13.0. The van der Waals surface area contributed by atoms with E-state index in [-0.39, 0.29) is 5.56 Å². The van der Waals surface area contributed by atoms with Crippen molar-refractivity contribution in [3.8, 4) is 5.75 Å². The lowest BCUT2D eigenvalue weighted by molar-refractivity contribution is 0.102. The first kappa shape index (κ1) is 17.8. The van der Waals surface area contributed by atoms with Crippen LogP contribution in [0.25, 0.3) is 22.0 Å². The van der Waals surface area contributed by atoms with Gasteiger partial charge in [-0.25, -0.2) is 9.78 Å². The fourth-order valence-electron chi connectivity index (χ4n) is 3.25. The highest BCUT2D eigenvalue weighted by molar-refractivity contribution is 6.11. The standard InChI is InChI=1S/C21H19N3O4/c1-3-10-24-17-7-5-4-6-16(17)22-21(24)23-20(26)15-12-19(25)28-18-11-13(27-2)8-9-14(15)18/h4-9,11-12H,3,10H2,1-2H3,(H,22,23,26). The molecule has 0 unspecified atom stereocenters. The predicted octanol–water partition coefficient (Wildman–Crippen LogP) is 3.81. The molecule has 142 valence electrons. The molecule has 0 spiro atoms. The molecule has 2 aromatic carbocycles. The van der Waals surface area contributed by atoms with Crippen LogP contribution in [0.3, 0.4) is 0 Å². The number of carbonyl (C=O) groups excluding carboxylic acids is 1. The number of imidazole rings is 1. The lowest BCUT2D eigenvalue weighted by atomic mass is 10.1. The number of ether oxygens (including phenoxy) is 1. The van der Waals surface area contributed by atoms with Gasteiger partial charge >= 0.3 is 5.63 Å². The number of nitrogens with one attached hydrogen (secondary N) is 1. The third kappa shape index (κ3) is 3.11. The van der Waals surface area contributed by atoms with Crippen molar-refractivity contribution in [2.75, 3.05) is 12.4 Å². The summed E-state index contributed by atoms with van der Waals surface area (Å²) in [5.41, 5.74) is 1.66. The van der Waals surface area contributed by atoms with E-state index in [1.807, 2.05) is 28.8 Å². The molecule has 2 aromatic heterocycles. The van der Waals surface area contributed by atoms with Gasteiger partial charge in [0.15, 0.2) is 0 Å². The summed E-state index contributed by atoms with van der Waals surface area (Å²) in [5, 5.41) is 3.37. The first-order chi connectivity index (χ1) is 13.6. The van der Waals surface area contributed by atoms with Crippen LogP contribution < -0.4 is 15.7 Å². The summed E-state index contributed by atoms with van der Waals surface area (Å²) in [4.78, 5) is 29.5. The van der Waals surface area contributed by atoms with Crippen molar-refractivity contribution in [1.29, 1.82) is 0 Å². The quantitative estimate of drug-likeness (QED) is 0.535. The number of fused-ring (bicyclic) bond motifs is 2. The molecule has 4 rings (SSSR count). The van der Waals surface area contributed by atoms with Crippen LogP contribution in [0.15, 0.2) is 57.7 Å². The minimum atomic E-state index is -0.604. The molecule has 28 heavy (non-hydrogen) atoms. The van der Waals surface area contributed by atoms with Crippen LogP contribution in [0.4, 0.5) is 5.95 Å². The number of benzene rings is 2. The first-order valence-electron chi connectivity index (χ1n) is 8.99. The largest absolute Gasteiger partial charge is 0.497 e. The van der Waals surface area contributed by atoms with E-state index in [9.17, 15) is 9.59 Å². The average Bonchev–Trinajstić information content (AvgIpc) is 3.04. The number of rotatable bonds is 5. The molecule has 0 aliphatic heterocycles. The van der Waals surface area contributed by atoms with E-state index in [4.69, 9.17) is 9.15 Å². The molecular formula is C21H19N3O4.